The molecule has 1 aromatic carbocycles. The molecule has 0 spiro atoms. The number of piperidine rings is 1. The Labute approximate surface area is 115 Å². The molecule has 5 atom stereocenters. The molecule has 20 heavy (non-hydrogen) atoms. The standard InChI is InChI=1S/C13H16N2O5/c16-9-8-6-20-13(14-7-4-2-1-3-5-7)15(8)12(19)11(18)10(9)17/h1-5,8-12,16-19H,6H2/t8-,9-,10+,11-,12-/m1/s1. The van der Waals surface area contributed by atoms with Crippen LogP contribution in [-0.2, 0) is 4.74 Å². The van der Waals surface area contributed by atoms with Crippen molar-refractivity contribution in [1.82, 2.24) is 4.90 Å². The van der Waals surface area contributed by atoms with E-state index in [0.29, 0.717) is 5.69 Å². The van der Waals surface area contributed by atoms with Gasteiger partial charge >= 0.3 is 0 Å². The zero-order valence-corrected chi connectivity index (χ0v) is 10.6. The number of hydrogen-bond acceptors (Lipinski definition) is 6. The van der Waals surface area contributed by atoms with E-state index >= 15 is 0 Å². The van der Waals surface area contributed by atoms with E-state index in [1.807, 2.05) is 18.2 Å². The summed E-state index contributed by atoms with van der Waals surface area (Å²) in [5, 5.41) is 39.3. The van der Waals surface area contributed by atoms with Crippen LogP contribution in [0.25, 0.3) is 0 Å². The minimum Gasteiger partial charge on any atom is -0.463 e. The first-order chi connectivity index (χ1) is 9.59. The smallest absolute Gasteiger partial charge is 0.295 e. The van der Waals surface area contributed by atoms with Crippen LogP contribution >= 0.6 is 0 Å². The van der Waals surface area contributed by atoms with Crippen molar-refractivity contribution in [3.8, 4) is 0 Å². The Kier molecular flexibility index (Phi) is 3.35. The normalized spacial score (nSPS) is 38.7. The molecule has 0 radical (unpaired) electrons. The lowest BCUT2D eigenvalue weighted by molar-refractivity contribution is -0.190. The van der Waals surface area contributed by atoms with Crippen molar-refractivity contribution in [2.45, 2.75) is 30.6 Å². The van der Waals surface area contributed by atoms with Gasteiger partial charge in [0.25, 0.3) is 6.02 Å². The summed E-state index contributed by atoms with van der Waals surface area (Å²) in [6, 6.07) is 8.49. The van der Waals surface area contributed by atoms with E-state index in [0.717, 1.165) is 0 Å². The Hall–Kier alpha value is -1.67. The van der Waals surface area contributed by atoms with E-state index in [2.05, 4.69) is 4.99 Å². The summed E-state index contributed by atoms with van der Waals surface area (Å²) in [4.78, 5) is 5.54. The number of hydrogen-bond donors (Lipinski definition) is 4. The van der Waals surface area contributed by atoms with Gasteiger partial charge in [0.1, 0.15) is 24.9 Å². The van der Waals surface area contributed by atoms with E-state index in [1.165, 1.54) is 4.90 Å². The number of aliphatic hydroxyl groups is 4. The molecule has 4 N–H and O–H groups in total. The topological polar surface area (TPSA) is 106 Å². The summed E-state index contributed by atoms with van der Waals surface area (Å²) < 4.78 is 5.38. The van der Waals surface area contributed by atoms with Gasteiger partial charge in [-0.05, 0) is 12.1 Å². The van der Waals surface area contributed by atoms with Crippen LogP contribution in [0.3, 0.4) is 0 Å². The van der Waals surface area contributed by atoms with Crippen LogP contribution in [0.4, 0.5) is 5.69 Å². The fourth-order valence-electron chi connectivity index (χ4n) is 2.50. The summed E-state index contributed by atoms with van der Waals surface area (Å²) in [7, 11) is 0. The van der Waals surface area contributed by atoms with E-state index < -0.39 is 30.6 Å². The molecule has 1 aromatic rings. The predicted molar refractivity (Wildman–Crippen MR) is 69.1 cm³/mol. The Morgan fingerprint density at radius 2 is 1.70 bits per heavy atom. The molecule has 7 heteroatoms. The van der Waals surface area contributed by atoms with Crippen molar-refractivity contribution in [3.63, 3.8) is 0 Å². The monoisotopic (exact) mass is 280 g/mol. The second-order valence-corrected chi connectivity index (χ2v) is 4.90. The van der Waals surface area contributed by atoms with Gasteiger partial charge < -0.3 is 25.2 Å². The van der Waals surface area contributed by atoms with Gasteiger partial charge in [0.15, 0.2) is 6.23 Å². The maximum atomic E-state index is 10.0. The van der Waals surface area contributed by atoms with Crippen LogP contribution in [0.2, 0.25) is 0 Å². The van der Waals surface area contributed by atoms with Gasteiger partial charge in [0.05, 0.1) is 11.7 Å². The first-order valence-corrected chi connectivity index (χ1v) is 6.37. The SMILES string of the molecule is O[C@@H]1[C@@H](O)[C@@H](O)N2C(=Nc3ccccc3)OC[C@@H]2[C@H]1O. The summed E-state index contributed by atoms with van der Waals surface area (Å²) in [5.74, 6) is 0. The number of benzene rings is 1. The van der Waals surface area contributed by atoms with Gasteiger partial charge in [0.2, 0.25) is 0 Å². The van der Waals surface area contributed by atoms with Gasteiger partial charge in [-0.15, -0.1) is 0 Å². The van der Waals surface area contributed by atoms with Gasteiger partial charge in [-0.2, -0.15) is 4.99 Å². The second kappa shape index (κ2) is 5.02. The molecule has 7 nitrogen and oxygen atoms in total. The minimum atomic E-state index is -1.48. The molecule has 0 saturated carbocycles. The molecule has 2 heterocycles. The summed E-state index contributed by atoms with van der Waals surface area (Å²) in [5.41, 5.74) is 0.630. The number of aliphatic hydroxyl groups excluding tert-OH is 4. The van der Waals surface area contributed by atoms with Crippen molar-refractivity contribution >= 4 is 11.7 Å². The second-order valence-electron chi connectivity index (χ2n) is 4.90. The van der Waals surface area contributed by atoms with Crippen LogP contribution in [0.1, 0.15) is 0 Å². The van der Waals surface area contributed by atoms with Gasteiger partial charge in [-0.3, -0.25) is 4.90 Å². The van der Waals surface area contributed by atoms with Crippen molar-refractivity contribution in [1.29, 1.82) is 0 Å². The highest BCUT2D eigenvalue weighted by Gasteiger charge is 2.52. The molecule has 0 amide bonds. The van der Waals surface area contributed by atoms with Crippen LogP contribution in [0.5, 0.6) is 0 Å². The first-order valence-electron chi connectivity index (χ1n) is 6.37. The van der Waals surface area contributed by atoms with Crippen LogP contribution in [0.15, 0.2) is 35.3 Å². The molecule has 3 rings (SSSR count). The molecule has 108 valence electrons. The molecule has 0 unspecified atom stereocenters. The minimum absolute atomic E-state index is 0.0909. The maximum absolute atomic E-state index is 10.0. The summed E-state index contributed by atoms with van der Waals surface area (Å²) in [6.07, 6.45) is -5.48. The molecule has 2 fully saturated rings. The number of rotatable bonds is 1. The summed E-state index contributed by atoms with van der Waals surface area (Å²) >= 11 is 0. The van der Waals surface area contributed by atoms with E-state index in [-0.39, 0.29) is 12.6 Å². The van der Waals surface area contributed by atoms with Crippen LogP contribution in [-0.4, -0.2) is 68.5 Å². The van der Waals surface area contributed by atoms with E-state index in [9.17, 15) is 20.4 Å². The average molecular weight is 280 g/mol. The predicted octanol–water partition coefficient (Wildman–Crippen LogP) is -1.21. The number of amidine groups is 1. The Morgan fingerprint density at radius 3 is 2.40 bits per heavy atom. The van der Waals surface area contributed by atoms with Gasteiger partial charge in [-0.25, -0.2) is 0 Å². The third kappa shape index (κ3) is 2.04. The van der Waals surface area contributed by atoms with E-state index in [1.54, 1.807) is 12.1 Å². The van der Waals surface area contributed by atoms with Crippen LogP contribution in [0, 0.1) is 0 Å². The Morgan fingerprint density at radius 1 is 1.00 bits per heavy atom. The number of ether oxygens (including phenoxy) is 1. The van der Waals surface area contributed by atoms with Crippen molar-refractivity contribution in [2.75, 3.05) is 6.61 Å². The van der Waals surface area contributed by atoms with Crippen molar-refractivity contribution in [2.24, 2.45) is 4.99 Å². The Balaban J connectivity index is 1.91. The molecule has 2 aliphatic heterocycles. The maximum Gasteiger partial charge on any atom is 0.295 e. The number of nitrogens with zero attached hydrogens (tertiary/aromatic N) is 2. The lowest BCUT2D eigenvalue weighted by atomic mass is 9.94. The zero-order valence-electron chi connectivity index (χ0n) is 10.6. The van der Waals surface area contributed by atoms with Crippen LogP contribution < -0.4 is 0 Å². The number of fused-ring (bicyclic) bond motifs is 1. The third-order valence-corrected chi connectivity index (χ3v) is 3.63. The van der Waals surface area contributed by atoms with Gasteiger partial charge in [0, 0.05) is 0 Å². The molecule has 2 saturated heterocycles. The molecule has 2 aliphatic rings. The fourth-order valence-corrected chi connectivity index (χ4v) is 2.50. The Bertz CT molecular complexity index is 509. The van der Waals surface area contributed by atoms with Crippen molar-refractivity contribution < 1.29 is 25.2 Å². The molecule has 0 bridgehead atoms. The molecular weight excluding hydrogens is 264 g/mol. The van der Waals surface area contributed by atoms with Crippen molar-refractivity contribution in [3.05, 3.63) is 30.3 Å². The molecule has 0 aliphatic carbocycles. The highest BCUT2D eigenvalue weighted by molar-refractivity contribution is 5.79. The van der Waals surface area contributed by atoms with Gasteiger partial charge in [-0.1, -0.05) is 18.2 Å². The highest BCUT2D eigenvalue weighted by atomic mass is 16.5. The van der Waals surface area contributed by atoms with E-state index in [4.69, 9.17) is 4.74 Å². The highest BCUT2D eigenvalue weighted by Crippen LogP contribution is 2.29. The number of aliphatic imine (C=N–C) groups is 1. The third-order valence-electron chi connectivity index (χ3n) is 3.63. The fraction of sp³-hybridized carbons (Fsp3) is 0.462. The molecular formula is C13H16N2O5. The zero-order chi connectivity index (χ0) is 14.3. The average Bonchev–Trinajstić information content (AvgIpc) is 2.88. The quantitative estimate of drug-likeness (QED) is 0.514. The lowest BCUT2D eigenvalue weighted by Gasteiger charge is -2.42. The summed E-state index contributed by atoms with van der Waals surface area (Å²) in [6.45, 7) is 0.0909. The number of para-hydroxylation sites is 1. The first kappa shape index (κ1) is 13.3. The lowest BCUT2D eigenvalue weighted by Crippen LogP contribution is -2.65. The molecule has 0 aromatic heterocycles. The largest absolute Gasteiger partial charge is 0.463 e.